The van der Waals surface area contributed by atoms with E-state index in [1.165, 1.54) is 0 Å². The number of hydrogen-bond donors (Lipinski definition) is 2. The monoisotopic (exact) mass is 332 g/mol. The van der Waals surface area contributed by atoms with Crippen molar-refractivity contribution < 1.29 is 0 Å². The lowest BCUT2D eigenvalue weighted by molar-refractivity contribution is 1.41. The van der Waals surface area contributed by atoms with Crippen molar-refractivity contribution in [1.82, 2.24) is 4.98 Å². The van der Waals surface area contributed by atoms with Crippen LogP contribution >= 0.6 is 31.6 Å². The maximum atomic E-state index is 7.67. The molecule has 0 saturated heterocycles. The van der Waals surface area contributed by atoms with E-state index in [9.17, 15) is 0 Å². The highest BCUT2D eigenvalue weighted by atomic mass is 33.1. The summed E-state index contributed by atoms with van der Waals surface area (Å²) < 4.78 is 0. The summed E-state index contributed by atoms with van der Waals surface area (Å²) in [5, 5.41) is 12.9. The Balaban J connectivity index is 1.99. The summed E-state index contributed by atoms with van der Waals surface area (Å²) in [5.74, 6) is 0.152. The number of nitrogen functional groups attached to an aromatic ring is 1. The van der Waals surface area contributed by atoms with E-state index >= 15 is 0 Å². The summed E-state index contributed by atoms with van der Waals surface area (Å²) in [6.07, 6.45) is 2.04. The third kappa shape index (κ3) is 2.88. The first kappa shape index (κ1) is 14.3. The van der Waals surface area contributed by atoms with Gasteiger partial charge in [0.25, 0.3) is 0 Å². The first-order chi connectivity index (χ1) is 10.2. The molecule has 0 amide bonds. The SMILES string of the molecule is CS[s+]1cc(-c2nc(-c3ccccc3)cs2)cc1C(=N)N. The van der Waals surface area contributed by atoms with E-state index in [0.717, 1.165) is 26.7 Å². The number of rotatable bonds is 4. The van der Waals surface area contributed by atoms with Gasteiger partial charge in [0.05, 0.1) is 20.8 Å². The zero-order valence-electron chi connectivity index (χ0n) is 11.4. The Kier molecular flexibility index (Phi) is 4.10. The van der Waals surface area contributed by atoms with Crippen LogP contribution in [0.5, 0.6) is 0 Å². The molecule has 0 spiro atoms. The maximum absolute atomic E-state index is 7.67. The zero-order chi connectivity index (χ0) is 14.8. The molecule has 0 aliphatic heterocycles. The molecule has 1 atom stereocenters. The molecule has 0 bridgehead atoms. The van der Waals surface area contributed by atoms with Crippen LogP contribution in [0.15, 0.2) is 47.2 Å². The number of thiophene rings is 1. The third-order valence-corrected chi connectivity index (χ3v) is 7.40. The highest BCUT2D eigenvalue weighted by Crippen LogP contribution is 2.41. The van der Waals surface area contributed by atoms with Gasteiger partial charge in [0.1, 0.15) is 15.8 Å². The molecule has 3 rings (SSSR count). The first-order valence-electron chi connectivity index (χ1n) is 6.26. The van der Waals surface area contributed by atoms with Crippen molar-refractivity contribution in [2.45, 2.75) is 0 Å². The molecule has 21 heavy (non-hydrogen) atoms. The molecular weight excluding hydrogens is 318 g/mol. The third-order valence-electron chi connectivity index (χ3n) is 3.00. The summed E-state index contributed by atoms with van der Waals surface area (Å²) in [6, 6.07) is 12.2. The normalized spacial score (nSPS) is 11.6. The van der Waals surface area contributed by atoms with E-state index in [-0.39, 0.29) is 15.3 Å². The second-order valence-corrected chi connectivity index (χ2v) is 8.90. The molecule has 0 radical (unpaired) electrons. The molecule has 0 aliphatic carbocycles. The van der Waals surface area contributed by atoms with Crippen LogP contribution in [0, 0.1) is 5.41 Å². The van der Waals surface area contributed by atoms with Crippen molar-refractivity contribution in [3.63, 3.8) is 0 Å². The Morgan fingerprint density at radius 2 is 2.05 bits per heavy atom. The number of aromatic nitrogens is 1. The summed E-state index contributed by atoms with van der Waals surface area (Å²) in [5.41, 5.74) is 8.85. The van der Waals surface area contributed by atoms with Crippen molar-refractivity contribution in [2.24, 2.45) is 5.73 Å². The van der Waals surface area contributed by atoms with Crippen molar-refractivity contribution >= 4 is 37.5 Å². The van der Waals surface area contributed by atoms with Crippen LogP contribution in [0.1, 0.15) is 4.88 Å². The lowest BCUT2D eigenvalue weighted by Gasteiger charge is -1.93. The van der Waals surface area contributed by atoms with Gasteiger partial charge in [-0.15, -0.1) is 11.3 Å². The van der Waals surface area contributed by atoms with E-state index in [4.69, 9.17) is 16.1 Å². The second-order valence-electron chi connectivity index (χ2n) is 4.36. The number of thiazole rings is 1. The van der Waals surface area contributed by atoms with Gasteiger partial charge in [0, 0.05) is 23.3 Å². The minimum Gasteiger partial charge on any atom is -0.380 e. The van der Waals surface area contributed by atoms with Crippen LogP contribution in [0.4, 0.5) is 0 Å². The van der Waals surface area contributed by atoms with Gasteiger partial charge >= 0.3 is 0 Å². The van der Waals surface area contributed by atoms with Gasteiger partial charge in [0.15, 0.2) is 11.2 Å². The van der Waals surface area contributed by atoms with Crippen LogP contribution < -0.4 is 5.73 Å². The maximum Gasteiger partial charge on any atom is 0.228 e. The molecule has 1 aromatic carbocycles. The highest BCUT2D eigenvalue weighted by molar-refractivity contribution is 8.45. The van der Waals surface area contributed by atoms with Crippen molar-refractivity contribution in [3.05, 3.63) is 52.0 Å². The molecule has 0 saturated carbocycles. The Bertz CT molecular complexity index is 775. The second kappa shape index (κ2) is 6.01. The van der Waals surface area contributed by atoms with E-state index in [2.05, 4.69) is 22.9 Å². The van der Waals surface area contributed by atoms with Gasteiger partial charge in [-0.1, -0.05) is 30.3 Å². The minimum atomic E-state index is -0.135. The summed E-state index contributed by atoms with van der Waals surface area (Å²) in [6.45, 7) is 0. The lowest BCUT2D eigenvalue weighted by Crippen LogP contribution is -2.09. The molecule has 2 aromatic heterocycles. The molecule has 3 N–H and O–H groups in total. The molecule has 2 heterocycles. The lowest BCUT2D eigenvalue weighted by atomic mass is 10.2. The smallest absolute Gasteiger partial charge is 0.228 e. The Hall–Kier alpha value is -1.63. The van der Waals surface area contributed by atoms with Gasteiger partial charge < -0.3 is 5.73 Å². The number of hydrogen-bond acceptors (Lipinski definition) is 4. The standard InChI is InChI=1S/C15H14N3S3/c1-19-21-9-11(7-13(21)14(16)17)15-18-12(8-20-15)10-5-3-2-4-6-10/h2-9H,1H3,(H3,16,17)/q+1. The van der Waals surface area contributed by atoms with E-state index in [1.807, 2.05) is 30.5 Å². The first-order valence-corrected chi connectivity index (χ1v) is 10.2. The Labute approximate surface area is 133 Å². The molecule has 106 valence electrons. The average Bonchev–Trinajstić information content (AvgIpc) is 3.14. The Morgan fingerprint density at radius 3 is 2.67 bits per heavy atom. The van der Waals surface area contributed by atoms with Crippen LogP contribution in [-0.2, 0) is 0 Å². The number of nitrogens with two attached hydrogens (primary N) is 1. The Morgan fingerprint density at radius 1 is 1.29 bits per heavy atom. The quantitative estimate of drug-likeness (QED) is 0.317. The van der Waals surface area contributed by atoms with Crippen LogP contribution in [0.3, 0.4) is 0 Å². The summed E-state index contributed by atoms with van der Waals surface area (Å²) in [4.78, 5) is 5.61. The van der Waals surface area contributed by atoms with Gasteiger partial charge in [-0.3, -0.25) is 5.41 Å². The molecule has 3 nitrogen and oxygen atoms in total. The van der Waals surface area contributed by atoms with Crippen LogP contribution in [0.2, 0.25) is 0 Å². The van der Waals surface area contributed by atoms with Gasteiger partial charge in [-0.2, -0.15) is 0 Å². The fourth-order valence-electron chi connectivity index (χ4n) is 2.00. The predicted octanol–water partition coefficient (Wildman–Crippen LogP) is 4.64. The molecule has 1 unspecified atom stereocenters. The minimum absolute atomic E-state index is 0.135. The summed E-state index contributed by atoms with van der Waals surface area (Å²) in [7, 11) is 1.57. The summed E-state index contributed by atoms with van der Waals surface area (Å²) >= 11 is 1.63. The van der Waals surface area contributed by atoms with Crippen molar-refractivity contribution in [3.8, 4) is 21.8 Å². The number of nitrogens with zero attached hydrogens (tertiary/aromatic N) is 1. The number of benzene rings is 1. The van der Waals surface area contributed by atoms with Crippen LogP contribution in [-0.4, -0.2) is 17.1 Å². The predicted molar refractivity (Wildman–Crippen MR) is 95.4 cm³/mol. The van der Waals surface area contributed by atoms with Crippen molar-refractivity contribution in [2.75, 3.05) is 6.26 Å². The molecular formula is C15H14N3S3+. The van der Waals surface area contributed by atoms with E-state index < -0.39 is 0 Å². The van der Waals surface area contributed by atoms with Crippen molar-refractivity contribution in [1.29, 1.82) is 5.41 Å². The van der Waals surface area contributed by atoms with Crippen LogP contribution in [0.25, 0.3) is 21.8 Å². The van der Waals surface area contributed by atoms with Gasteiger partial charge in [0.2, 0.25) is 4.88 Å². The average molecular weight is 332 g/mol. The van der Waals surface area contributed by atoms with Gasteiger partial charge in [-0.05, 0) is 0 Å². The molecule has 0 fully saturated rings. The fourth-order valence-corrected chi connectivity index (χ4v) is 5.71. The molecule has 0 aliphatic rings. The highest BCUT2D eigenvalue weighted by Gasteiger charge is 2.22. The zero-order valence-corrected chi connectivity index (χ0v) is 13.8. The number of amidine groups is 1. The topological polar surface area (TPSA) is 62.8 Å². The van der Waals surface area contributed by atoms with E-state index in [0.29, 0.717) is 0 Å². The molecule has 6 heteroatoms. The molecule has 3 aromatic rings. The largest absolute Gasteiger partial charge is 0.380 e. The number of nitrogens with one attached hydrogen (secondary N) is 1. The van der Waals surface area contributed by atoms with Gasteiger partial charge in [-0.25, -0.2) is 4.98 Å². The van der Waals surface area contributed by atoms with E-state index in [1.54, 1.807) is 22.1 Å². The fraction of sp³-hybridized carbons (Fsp3) is 0.0667.